The number of hydrogen-bond donors (Lipinski definition) is 2. The molecule has 1 fully saturated rings. The first kappa shape index (κ1) is 21.9. The summed E-state index contributed by atoms with van der Waals surface area (Å²) in [6.07, 6.45) is 1.61. The van der Waals surface area contributed by atoms with E-state index in [0.717, 1.165) is 50.5 Å². The van der Waals surface area contributed by atoms with Crippen molar-refractivity contribution >= 4 is 11.7 Å². The maximum absolute atomic E-state index is 12.9. The first-order chi connectivity index (χ1) is 14.6. The number of ether oxygens (including phenoxy) is 1. The fourth-order valence-electron chi connectivity index (χ4n) is 3.56. The van der Waals surface area contributed by atoms with E-state index in [1.54, 1.807) is 19.2 Å². The van der Waals surface area contributed by atoms with Crippen molar-refractivity contribution in [3.8, 4) is 5.75 Å². The smallest absolute Gasteiger partial charge is 0.314 e. The van der Waals surface area contributed by atoms with E-state index in [2.05, 4.69) is 32.6 Å². The van der Waals surface area contributed by atoms with Gasteiger partial charge in [0.15, 0.2) is 0 Å². The predicted octanol–water partition coefficient (Wildman–Crippen LogP) is 2.89. The molecule has 0 aliphatic carbocycles. The lowest BCUT2D eigenvalue weighted by Gasteiger charge is -2.36. The number of anilines is 1. The number of amides is 2. The summed E-state index contributed by atoms with van der Waals surface area (Å²) < 4.78 is 18.1. The second kappa shape index (κ2) is 11.4. The summed E-state index contributed by atoms with van der Waals surface area (Å²) in [4.78, 5) is 16.7. The van der Waals surface area contributed by atoms with Gasteiger partial charge in [0.1, 0.15) is 11.6 Å². The largest absolute Gasteiger partial charge is 0.497 e. The second-order valence-corrected chi connectivity index (χ2v) is 7.44. The lowest BCUT2D eigenvalue weighted by molar-refractivity contribution is 0.236. The van der Waals surface area contributed by atoms with Crippen molar-refractivity contribution < 1.29 is 13.9 Å². The minimum absolute atomic E-state index is 0.151. The Morgan fingerprint density at radius 3 is 2.30 bits per heavy atom. The zero-order chi connectivity index (χ0) is 21.2. The van der Waals surface area contributed by atoms with Crippen molar-refractivity contribution in [3.63, 3.8) is 0 Å². The van der Waals surface area contributed by atoms with Gasteiger partial charge in [-0.15, -0.1) is 0 Å². The molecular formula is C23H31FN4O2. The number of carbonyl (C=O) groups is 1. The van der Waals surface area contributed by atoms with Crippen LogP contribution in [0.2, 0.25) is 0 Å². The summed E-state index contributed by atoms with van der Waals surface area (Å²) in [7, 11) is 1.68. The normalized spacial score (nSPS) is 14.4. The number of urea groups is 1. The van der Waals surface area contributed by atoms with E-state index in [1.165, 1.54) is 17.8 Å². The third-order valence-corrected chi connectivity index (χ3v) is 5.36. The molecule has 0 aromatic heterocycles. The molecule has 3 rings (SSSR count). The van der Waals surface area contributed by atoms with Gasteiger partial charge < -0.3 is 20.3 Å². The van der Waals surface area contributed by atoms with Gasteiger partial charge in [-0.05, 0) is 61.3 Å². The van der Waals surface area contributed by atoms with Crippen LogP contribution in [0.4, 0.5) is 14.9 Å². The first-order valence-corrected chi connectivity index (χ1v) is 10.5. The van der Waals surface area contributed by atoms with E-state index in [4.69, 9.17) is 4.74 Å². The molecule has 0 spiro atoms. The standard InChI is InChI=1S/C23H31FN4O2/c1-30-22-9-7-21(8-10-22)28-17-15-27(16-18-28)14-2-12-25-23(29)26-13-11-19-3-5-20(24)6-4-19/h3-10H,2,11-18H2,1H3,(H2,25,26,29). The molecule has 1 saturated heterocycles. The Labute approximate surface area is 178 Å². The number of carbonyl (C=O) groups excluding carboxylic acids is 1. The third-order valence-electron chi connectivity index (χ3n) is 5.36. The van der Waals surface area contributed by atoms with Gasteiger partial charge in [-0.1, -0.05) is 12.1 Å². The zero-order valence-electron chi connectivity index (χ0n) is 17.6. The Balaban J connectivity index is 1.24. The SMILES string of the molecule is COc1ccc(N2CCN(CCCNC(=O)NCCc3ccc(F)cc3)CC2)cc1. The van der Waals surface area contributed by atoms with Crippen molar-refractivity contribution in [2.45, 2.75) is 12.8 Å². The molecule has 1 heterocycles. The van der Waals surface area contributed by atoms with E-state index in [0.29, 0.717) is 19.5 Å². The van der Waals surface area contributed by atoms with Crippen LogP contribution in [-0.2, 0) is 6.42 Å². The van der Waals surface area contributed by atoms with E-state index in [1.807, 2.05) is 12.1 Å². The molecule has 30 heavy (non-hydrogen) atoms. The van der Waals surface area contributed by atoms with Gasteiger partial charge in [0.2, 0.25) is 0 Å². The maximum atomic E-state index is 12.9. The zero-order valence-corrected chi connectivity index (χ0v) is 17.6. The number of nitrogens with zero attached hydrogens (tertiary/aromatic N) is 2. The van der Waals surface area contributed by atoms with Gasteiger partial charge >= 0.3 is 6.03 Å². The van der Waals surface area contributed by atoms with Crippen LogP contribution < -0.4 is 20.3 Å². The molecule has 2 aromatic rings. The van der Waals surface area contributed by atoms with Gasteiger partial charge in [-0.3, -0.25) is 4.90 Å². The molecule has 2 N–H and O–H groups in total. The molecule has 0 radical (unpaired) electrons. The molecule has 1 aliphatic rings. The minimum Gasteiger partial charge on any atom is -0.497 e. The van der Waals surface area contributed by atoms with E-state index < -0.39 is 0 Å². The summed E-state index contributed by atoms with van der Waals surface area (Å²) in [5, 5.41) is 5.75. The molecule has 6 nitrogen and oxygen atoms in total. The highest BCUT2D eigenvalue weighted by atomic mass is 19.1. The van der Waals surface area contributed by atoms with Crippen LogP contribution in [0.5, 0.6) is 5.75 Å². The van der Waals surface area contributed by atoms with Gasteiger partial charge in [-0.2, -0.15) is 0 Å². The van der Waals surface area contributed by atoms with Crippen LogP contribution in [-0.4, -0.2) is 63.9 Å². The molecule has 0 saturated carbocycles. The average Bonchev–Trinajstić information content (AvgIpc) is 2.78. The molecule has 0 unspecified atom stereocenters. The number of methoxy groups -OCH3 is 1. The van der Waals surface area contributed by atoms with Gasteiger partial charge in [0.25, 0.3) is 0 Å². The molecule has 162 valence electrons. The monoisotopic (exact) mass is 414 g/mol. The highest BCUT2D eigenvalue weighted by Crippen LogP contribution is 2.20. The lowest BCUT2D eigenvalue weighted by Crippen LogP contribution is -2.47. The van der Waals surface area contributed by atoms with Crippen molar-refractivity contribution in [1.29, 1.82) is 0 Å². The van der Waals surface area contributed by atoms with Gasteiger partial charge in [-0.25, -0.2) is 9.18 Å². The number of halogens is 1. The predicted molar refractivity (Wildman–Crippen MR) is 118 cm³/mol. The Hall–Kier alpha value is -2.80. The Morgan fingerprint density at radius 1 is 0.967 bits per heavy atom. The molecule has 1 aliphatic heterocycles. The van der Waals surface area contributed by atoms with Crippen molar-refractivity contribution in [2.75, 3.05) is 57.8 Å². The fourth-order valence-corrected chi connectivity index (χ4v) is 3.56. The summed E-state index contributed by atoms with van der Waals surface area (Å²) in [5.74, 6) is 0.635. The quantitative estimate of drug-likeness (QED) is 0.620. The molecule has 0 atom stereocenters. The first-order valence-electron chi connectivity index (χ1n) is 10.5. The van der Waals surface area contributed by atoms with Gasteiger partial charge in [0.05, 0.1) is 7.11 Å². The minimum atomic E-state index is -0.244. The third kappa shape index (κ3) is 6.91. The highest BCUT2D eigenvalue weighted by molar-refractivity contribution is 5.73. The fraction of sp³-hybridized carbons (Fsp3) is 0.435. The highest BCUT2D eigenvalue weighted by Gasteiger charge is 2.16. The van der Waals surface area contributed by atoms with Crippen LogP contribution in [0.1, 0.15) is 12.0 Å². The summed E-state index contributed by atoms with van der Waals surface area (Å²) in [6, 6.07) is 14.4. The van der Waals surface area contributed by atoms with Crippen molar-refractivity contribution in [2.24, 2.45) is 0 Å². The Bertz CT molecular complexity index is 775. The van der Waals surface area contributed by atoms with Crippen LogP contribution in [0.3, 0.4) is 0 Å². The number of piperazine rings is 1. The van der Waals surface area contributed by atoms with Gasteiger partial charge in [0, 0.05) is 45.0 Å². The second-order valence-electron chi connectivity index (χ2n) is 7.44. The maximum Gasteiger partial charge on any atom is 0.314 e. The Kier molecular flexibility index (Phi) is 8.32. The molecule has 2 amide bonds. The number of rotatable bonds is 9. The van der Waals surface area contributed by atoms with E-state index in [-0.39, 0.29) is 11.8 Å². The van der Waals surface area contributed by atoms with Crippen LogP contribution in [0.15, 0.2) is 48.5 Å². The molecule has 7 heteroatoms. The van der Waals surface area contributed by atoms with E-state index in [9.17, 15) is 9.18 Å². The van der Waals surface area contributed by atoms with Crippen LogP contribution >= 0.6 is 0 Å². The topological polar surface area (TPSA) is 56.8 Å². The van der Waals surface area contributed by atoms with Crippen molar-refractivity contribution in [3.05, 3.63) is 59.9 Å². The number of benzene rings is 2. The summed E-state index contributed by atoms with van der Waals surface area (Å²) >= 11 is 0. The summed E-state index contributed by atoms with van der Waals surface area (Å²) in [6.45, 7) is 6.22. The Morgan fingerprint density at radius 2 is 1.63 bits per heavy atom. The summed E-state index contributed by atoms with van der Waals surface area (Å²) in [5.41, 5.74) is 2.24. The number of hydrogen-bond acceptors (Lipinski definition) is 4. The molecular weight excluding hydrogens is 383 g/mol. The van der Waals surface area contributed by atoms with Crippen LogP contribution in [0.25, 0.3) is 0 Å². The molecule has 2 aromatic carbocycles. The molecule has 0 bridgehead atoms. The average molecular weight is 415 g/mol. The van der Waals surface area contributed by atoms with Crippen LogP contribution in [0, 0.1) is 5.82 Å². The number of nitrogens with one attached hydrogen (secondary N) is 2. The van der Waals surface area contributed by atoms with Crippen molar-refractivity contribution in [1.82, 2.24) is 15.5 Å². The van der Waals surface area contributed by atoms with E-state index >= 15 is 0 Å². The lowest BCUT2D eigenvalue weighted by atomic mass is 10.1.